The van der Waals surface area contributed by atoms with Gasteiger partial charge in [0.1, 0.15) is 23.0 Å². The van der Waals surface area contributed by atoms with E-state index in [9.17, 15) is 24.6 Å². The molecule has 0 bridgehead atoms. The van der Waals surface area contributed by atoms with Crippen molar-refractivity contribution in [2.24, 2.45) is 0 Å². The summed E-state index contributed by atoms with van der Waals surface area (Å²) in [5.41, 5.74) is 1.68. The Bertz CT molecular complexity index is 1430. The van der Waals surface area contributed by atoms with Crippen LogP contribution in [0.2, 0.25) is 0 Å². The van der Waals surface area contributed by atoms with Crippen molar-refractivity contribution in [1.29, 1.82) is 0 Å². The Morgan fingerprint density at radius 1 is 0.875 bits per heavy atom. The highest BCUT2D eigenvalue weighted by molar-refractivity contribution is 6.46. The average molecular weight is 546 g/mol. The first-order valence-corrected chi connectivity index (χ1v) is 13.0. The fourth-order valence-corrected chi connectivity index (χ4v) is 4.58. The summed E-state index contributed by atoms with van der Waals surface area (Å²) < 4.78 is 16.3. The van der Waals surface area contributed by atoms with Gasteiger partial charge in [-0.25, -0.2) is 4.79 Å². The van der Waals surface area contributed by atoms with E-state index in [4.69, 9.17) is 14.2 Å². The predicted octanol–water partition coefficient (Wildman–Crippen LogP) is 4.99. The number of nitrogens with zero attached hydrogens (tertiary/aromatic N) is 1. The normalized spacial score (nSPS) is 16.2. The van der Waals surface area contributed by atoms with Crippen molar-refractivity contribution in [3.63, 3.8) is 0 Å². The number of ketones is 1. The molecule has 1 aliphatic heterocycles. The zero-order chi connectivity index (χ0) is 28.8. The molecule has 1 saturated heterocycles. The Hall–Kier alpha value is -4.79. The molecule has 40 heavy (non-hydrogen) atoms. The number of amides is 1. The fourth-order valence-electron chi connectivity index (χ4n) is 4.58. The number of esters is 1. The molecule has 9 nitrogen and oxygen atoms in total. The van der Waals surface area contributed by atoms with Crippen molar-refractivity contribution in [2.45, 2.75) is 33.4 Å². The minimum atomic E-state index is -0.952. The summed E-state index contributed by atoms with van der Waals surface area (Å²) in [7, 11) is 0. The summed E-state index contributed by atoms with van der Waals surface area (Å²) in [6.07, 6.45) is 0. The minimum absolute atomic E-state index is 0.0143. The van der Waals surface area contributed by atoms with E-state index in [0.29, 0.717) is 41.4 Å². The number of benzene rings is 3. The summed E-state index contributed by atoms with van der Waals surface area (Å²) in [5, 5.41) is 21.4. The smallest absolute Gasteiger partial charge is 0.338 e. The van der Waals surface area contributed by atoms with Crippen LogP contribution in [0.4, 0.5) is 0 Å². The first-order valence-electron chi connectivity index (χ1n) is 13.0. The fraction of sp³-hybridized carbons (Fsp3) is 0.258. The van der Waals surface area contributed by atoms with Crippen molar-refractivity contribution in [1.82, 2.24) is 4.90 Å². The molecule has 1 aliphatic rings. The van der Waals surface area contributed by atoms with Crippen molar-refractivity contribution >= 4 is 23.4 Å². The van der Waals surface area contributed by atoms with Gasteiger partial charge in [-0.15, -0.1) is 0 Å². The van der Waals surface area contributed by atoms with Crippen LogP contribution in [-0.4, -0.2) is 52.6 Å². The molecule has 4 rings (SSSR count). The molecule has 2 N–H and O–H groups in total. The van der Waals surface area contributed by atoms with Crippen molar-refractivity contribution in [2.75, 3.05) is 19.8 Å². The zero-order valence-corrected chi connectivity index (χ0v) is 22.5. The summed E-state index contributed by atoms with van der Waals surface area (Å²) in [5.74, 6) is -1.64. The molecular weight excluding hydrogens is 514 g/mol. The molecule has 0 aliphatic carbocycles. The van der Waals surface area contributed by atoms with Crippen molar-refractivity contribution in [3.05, 3.63) is 94.6 Å². The lowest BCUT2D eigenvalue weighted by Crippen LogP contribution is -2.29. The SMILES string of the molecule is CCOC(=O)c1ccc(CN2C(=O)C(=O)/C(=C(\O)c3ccc(OCC)cc3OCC)C2c2ccc(O)cc2)cc1. The molecule has 0 spiro atoms. The van der Waals surface area contributed by atoms with Gasteiger partial charge >= 0.3 is 5.97 Å². The van der Waals surface area contributed by atoms with Gasteiger partial charge < -0.3 is 29.3 Å². The number of Topliss-reactive ketones (excluding diaryl/α,β-unsaturated/α-hetero) is 1. The first-order chi connectivity index (χ1) is 19.3. The highest BCUT2D eigenvalue weighted by Gasteiger charge is 2.46. The van der Waals surface area contributed by atoms with Gasteiger partial charge in [-0.3, -0.25) is 9.59 Å². The second-order valence-corrected chi connectivity index (χ2v) is 8.96. The van der Waals surface area contributed by atoms with E-state index in [1.165, 1.54) is 17.0 Å². The number of phenolic OH excluding ortho intramolecular Hbond substituents is 1. The number of aromatic hydroxyl groups is 1. The highest BCUT2D eigenvalue weighted by Crippen LogP contribution is 2.42. The van der Waals surface area contributed by atoms with Crippen LogP contribution >= 0.6 is 0 Å². The summed E-state index contributed by atoms with van der Waals surface area (Å²) >= 11 is 0. The first kappa shape index (κ1) is 28.2. The third kappa shape index (κ3) is 5.78. The molecule has 0 aromatic heterocycles. The maximum atomic E-state index is 13.4. The van der Waals surface area contributed by atoms with Crippen LogP contribution in [0.15, 0.2) is 72.3 Å². The van der Waals surface area contributed by atoms with Crippen molar-refractivity contribution < 1.29 is 38.8 Å². The standard InChI is InChI=1S/C31H31NO8/c1-4-38-23-15-16-24(25(17-23)39-5-2)28(34)26-27(20-11-13-22(33)14-12-20)32(30(36)29(26)35)18-19-7-9-21(10-8-19)31(37)40-6-3/h7-17,27,33-34H,4-6,18H2,1-3H3/b28-26-. The largest absolute Gasteiger partial charge is 0.508 e. The monoisotopic (exact) mass is 545 g/mol. The van der Waals surface area contributed by atoms with Gasteiger partial charge in [0.05, 0.1) is 42.6 Å². The van der Waals surface area contributed by atoms with Gasteiger partial charge in [0, 0.05) is 12.6 Å². The molecule has 1 fully saturated rings. The molecule has 0 radical (unpaired) electrons. The number of rotatable bonds is 10. The Morgan fingerprint density at radius 2 is 1.55 bits per heavy atom. The van der Waals surface area contributed by atoms with Gasteiger partial charge in [-0.05, 0) is 68.3 Å². The average Bonchev–Trinajstić information content (AvgIpc) is 3.19. The van der Waals surface area contributed by atoms with Gasteiger partial charge in [0.25, 0.3) is 11.7 Å². The lowest BCUT2D eigenvalue weighted by molar-refractivity contribution is -0.140. The minimum Gasteiger partial charge on any atom is -0.508 e. The summed E-state index contributed by atoms with van der Waals surface area (Å²) in [6.45, 7) is 6.36. The Morgan fingerprint density at radius 3 is 2.17 bits per heavy atom. The van der Waals surface area contributed by atoms with Crippen LogP contribution in [0.25, 0.3) is 5.76 Å². The maximum absolute atomic E-state index is 13.4. The molecule has 3 aromatic carbocycles. The van der Waals surface area contributed by atoms with Gasteiger partial charge in [0.15, 0.2) is 0 Å². The topological polar surface area (TPSA) is 123 Å². The maximum Gasteiger partial charge on any atom is 0.338 e. The van der Waals surface area contributed by atoms with Crippen LogP contribution in [-0.2, 0) is 20.9 Å². The van der Waals surface area contributed by atoms with Gasteiger partial charge in [0.2, 0.25) is 0 Å². The lowest BCUT2D eigenvalue weighted by Gasteiger charge is -2.26. The molecule has 1 atom stereocenters. The van der Waals surface area contributed by atoms with Crippen LogP contribution in [0.3, 0.4) is 0 Å². The predicted molar refractivity (Wildman–Crippen MR) is 147 cm³/mol. The summed E-state index contributed by atoms with van der Waals surface area (Å²) in [4.78, 5) is 40.2. The van der Waals surface area contributed by atoms with Crippen LogP contribution in [0, 0.1) is 0 Å². The molecule has 1 heterocycles. The molecule has 208 valence electrons. The third-order valence-corrected chi connectivity index (χ3v) is 6.39. The molecule has 0 saturated carbocycles. The van der Waals surface area contributed by atoms with Crippen molar-refractivity contribution in [3.8, 4) is 17.2 Å². The lowest BCUT2D eigenvalue weighted by atomic mass is 9.94. The number of phenols is 1. The van der Waals surface area contributed by atoms with E-state index in [1.807, 2.05) is 6.92 Å². The molecule has 1 amide bonds. The van der Waals surface area contributed by atoms with E-state index in [1.54, 1.807) is 68.4 Å². The van der Waals surface area contributed by atoms with Gasteiger partial charge in [-0.2, -0.15) is 0 Å². The molecule has 3 aromatic rings. The molecule has 1 unspecified atom stereocenters. The number of aliphatic hydroxyl groups excluding tert-OH is 1. The van der Waals surface area contributed by atoms with E-state index >= 15 is 0 Å². The molecular formula is C31H31NO8. The second kappa shape index (κ2) is 12.4. The number of aliphatic hydroxyl groups is 1. The third-order valence-electron chi connectivity index (χ3n) is 6.39. The number of ether oxygens (including phenoxy) is 3. The Balaban J connectivity index is 1.80. The summed E-state index contributed by atoms with van der Waals surface area (Å²) in [6, 6.07) is 16.5. The Kier molecular flexibility index (Phi) is 8.73. The number of carbonyl (C=O) groups is 3. The second-order valence-electron chi connectivity index (χ2n) is 8.96. The van der Waals surface area contributed by atoms with E-state index in [0.717, 1.165) is 0 Å². The molecule has 9 heteroatoms. The number of hydrogen-bond acceptors (Lipinski definition) is 8. The van der Waals surface area contributed by atoms with Gasteiger partial charge in [-0.1, -0.05) is 24.3 Å². The van der Waals surface area contributed by atoms with E-state index in [2.05, 4.69) is 0 Å². The zero-order valence-electron chi connectivity index (χ0n) is 22.5. The highest BCUT2D eigenvalue weighted by atomic mass is 16.5. The van der Waals surface area contributed by atoms with Crippen LogP contribution in [0.5, 0.6) is 17.2 Å². The number of carbonyl (C=O) groups excluding carboxylic acids is 3. The number of likely N-dealkylation sites (tertiary alicyclic amines) is 1. The quantitative estimate of drug-likeness (QED) is 0.158. The van der Waals surface area contributed by atoms with E-state index < -0.39 is 23.7 Å². The number of hydrogen-bond donors (Lipinski definition) is 2. The van der Waals surface area contributed by atoms with Crippen LogP contribution in [0.1, 0.15) is 53.9 Å². The van der Waals surface area contributed by atoms with Crippen LogP contribution < -0.4 is 9.47 Å². The Labute approximate surface area is 232 Å². The van der Waals surface area contributed by atoms with E-state index in [-0.39, 0.29) is 35.8 Å².